The number of esters is 1. The number of nitrogens with zero attached hydrogens (tertiary/aromatic N) is 5. The van der Waals surface area contributed by atoms with Crippen LogP contribution in [-0.4, -0.2) is 58.8 Å². The minimum absolute atomic E-state index is 0.162. The number of benzene rings is 1. The minimum Gasteiger partial charge on any atom is -0.462 e. The predicted molar refractivity (Wildman–Crippen MR) is 104 cm³/mol. The Hall–Kier alpha value is -3.33. The van der Waals surface area contributed by atoms with Crippen molar-refractivity contribution in [2.24, 2.45) is 0 Å². The molecule has 0 amide bonds. The van der Waals surface area contributed by atoms with E-state index in [-0.39, 0.29) is 11.9 Å². The van der Waals surface area contributed by atoms with Crippen LogP contribution in [0.2, 0.25) is 0 Å². The van der Waals surface area contributed by atoms with Crippen molar-refractivity contribution in [1.29, 1.82) is 0 Å². The van der Waals surface area contributed by atoms with Gasteiger partial charge in [-0.1, -0.05) is 12.1 Å². The fourth-order valence-electron chi connectivity index (χ4n) is 3.04. The summed E-state index contributed by atoms with van der Waals surface area (Å²) in [7, 11) is 0. The Morgan fingerprint density at radius 3 is 2.64 bits per heavy atom. The van der Waals surface area contributed by atoms with Crippen LogP contribution in [0.1, 0.15) is 17.3 Å². The molecule has 0 spiro atoms. The number of carbonyl (C=O) groups is 1. The normalized spacial score (nSPS) is 14.2. The second kappa shape index (κ2) is 7.73. The molecule has 28 heavy (non-hydrogen) atoms. The van der Waals surface area contributed by atoms with Crippen molar-refractivity contribution in [1.82, 2.24) is 19.9 Å². The van der Waals surface area contributed by atoms with Crippen molar-refractivity contribution in [3.63, 3.8) is 0 Å². The molecule has 1 aliphatic rings. The van der Waals surface area contributed by atoms with Gasteiger partial charge in [0, 0.05) is 18.7 Å². The van der Waals surface area contributed by atoms with Crippen LogP contribution in [0, 0.1) is 0 Å². The number of morpholine rings is 1. The van der Waals surface area contributed by atoms with E-state index in [0.29, 0.717) is 61.1 Å². The fourth-order valence-corrected chi connectivity index (χ4v) is 3.04. The third-order valence-electron chi connectivity index (χ3n) is 4.41. The van der Waals surface area contributed by atoms with Crippen LogP contribution in [0.4, 0.5) is 11.8 Å². The zero-order chi connectivity index (χ0) is 19.5. The first-order chi connectivity index (χ1) is 13.7. The monoisotopic (exact) mass is 380 g/mol. The lowest BCUT2D eigenvalue weighted by molar-refractivity contribution is 0.0526. The summed E-state index contributed by atoms with van der Waals surface area (Å²) in [5.41, 5.74) is 8.86. The van der Waals surface area contributed by atoms with Crippen molar-refractivity contribution in [3.05, 3.63) is 36.0 Å². The van der Waals surface area contributed by atoms with Crippen LogP contribution in [0.15, 0.2) is 30.5 Å². The quantitative estimate of drug-likeness (QED) is 0.675. The maximum Gasteiger partial charge on any atom is 0.338 e. The summed E-state index contributed by atoms with van der Waals surface area (Å²) >= 11 is 0. The molecule has 2 N–H and O–H groups in total. The molecular formula is C19H20N6O3. The van der Waals surface area contributed by atoms with E-state index in [4.69, 9.17) is 20.2 Å². The number of nitrogen functional groups attached to an aromatic ring is 1. The number of carbonyl (C=O) groups excluding carboxylic acids is 1. The summed E-state index contributed by atoms with van der Waals surface area (Å²) in [6.45, 7) is 4.75. The Bertz CT molecular complexity index is 1000. The molecule has 9 heteroatoms. The summed E-state index contributed by atoms with van der Waals surface area (Å²) < 4.78 is 10.4. The Kier molecular flexibility index (Phi) is 4.98. The summed E-state index contributed by atoms with van der Waals surface area (Å²) in [6.07, 6.45) is 1.64. The topological polar surface area (TPSA) is 116 Å². The molecule has 1 aliphatic heterocycles. The first kappa shape index (κ1) is 18.1. The molecule has 0 unspecified atom stereocenters. The molecule has 3 aromatic rings. The molecular weight excluding hydrogens is 360 g/mol. The van der Waals surface area contributed by atoms with Crippen molar-refractivity contribution < 1.29 is 14.3 Å². The lowest BCUT2D eigenvalue weighted by Crippen LogP contribution is -2.37. The van der Waals surface area contributed by atoms with E-state index in [2.05, 4.69) is 19.9 Å². The lowest BCUT2D eigenvalue weighted by Gasteiger charge is -2.28. The number of ether oxygens (including phenoxy) is 2. The number of nitrogens with two attached hydrogens (primary N) is 1. The predicted octanol–water partition coefficient (Wildman–Crippen LogP) is 1.68. The number of rotatable bonds is 4. The standard InChI is InChI=1S/C19H20N6O3/c1-2-28-18(26)13-5-3-12(4-6-13)14-11-21-16-15(22-14)17(24-19(20)23-16)25-7-9-27-10-8-25/h3-6,11H,2,7-10H2,1H3,(H2,20,21,23,24). The fraction of sp³-hybridized carbons (Fsp3) is 0.316. The van der Waals surface area contributed by atoms with Crippen molar-refractivity contribution >= 4 is 28.9 Å². The summed E-state index contributed by atoms with van der Waals surface area (Å²) in [5, 5.41) is 0. The molecule has 0 saturated carbocycles. The van der Waals surface area contributed by atoms with Crippen LogP contribution in [0.25, 0.3) is 22.4 Å². The van der Waals surface area contributed by atoms with Gasteiger partial charge in [-0.3, -0.25) is 0 Å². The third kappa shape index (κ3) is 3.56. The zero-order valence-electron chi connectivity index (χ0n) is 15.5. The number of fused-ring (bicyclic) bond motifs is 1. The summed E-state index contributed by atoms with van der Waals surface area (Å²) in [4.78, 5) is 31.6. The van der Waals surface area contributed by atoms with Gasteiger partial charge in [-0.05, 0) is 19.1 Å². The molecule has 0 aliphatic carbocycles. The van der Waals surface area contributed by atoms with Gasteiger partial charge in [0.25, 0.3) is 0 Å². The number of hydrogen-bond acceptors (Lipinski definition) is 9. The van der Waals surface area contributed by atoms with Gasteiger partial charge in [0.1, 0.15) is 0 Å². The minimum atomic E-state index is -0.350. The van der Waals surface area contributed by atoms with Crippen molar-refractivity contribution in [2.75, 3.05) is 43.5 Å². The molecule has 0 bridgehead atoms. The molecule has 0 atom stereocenters. The Morgan fingerprint density at radius 1 is 1.18 bits per heavy atom. The highest BCUT2D eigenvalue weighted by Crippen LogP contribution is 2.26. The maximum atomic E-state index is 11.8. The van der Waals surface area contributed by atoms with Crippen LogP contribution in [0.3, 0.4) is 0 Å². The Balaban J connectivity index is 1.72. The van der Waals surface area contributed by atoms with Gasteiger partial charge in [-0.2, -0.15) is 9.97 Å². The van der Waals surface area contributed by atoms with E-state index in [1.54, 1.807) is 25.3 Å². The van der Waals surface area contributed by atoms with Gasteiger partial charge in [0.2, 0.25) is 5.95 Å². The SMILES string of the molecule is CCOC(=O)c1ccc(-c2cnc3nc(N)nc(N4CCOCC4)c3n2)cc1. The summed E-state index contributed by atoms with van der Waals surface area (Å²) in [6, 6.07) is 7.05. The largest absolute Gasteiger partial charge is 0.462 e. The molecule has 4 rings (SSSR count). The number of anilines is 2. The van der Waals surface area contributed by atoms with E-state index in [9.17, 15) is 4.79 Å². The second-order valence-corrected chi connectivity index (χ2v) is 6.23. The van der Waals surface area contributed by atoms with Gasteiger partial charge in [-0.25, -0.2) is 14.8 Å². The van der Waals surface area contributed by atoms with Gasteiger partial charge < -0.3 is 20.1 Å². The van der Waals surface area contributed by atoms with E-state index in [0.717, 1.165) is 5.56 Å². The van der Waals surface area contributed by atoms with Gasteiger partial charge in [0.05, 0.1) is 37.3 Å². The molecule has 144 valence electrons. The van der Waals surface area contributed by atoms with Gasteiger partial charge in [0.15, 0.2) is 17.0 Å². The van der Waals surface area contributed by atoms with E-state index >= 15 is 0 Å². The van der Waals surface area contributed by atoms with E-state index < -0.39 is 0 Å². The summed E-state index contributed by atoms with van der Waals surface area (Å²) in [5.74, 6) is 0.468. The molecule has 9 nitrogen and oxygen atoms in total. The van der Waals surface area contributed by atoms with Crippen molar-refractivity contribution in [2.45, 2.75) is 6.92 Å². The molecule has 0 radical (unpaired) electrons. The first-order valence-electron chi connectivity index (χ1n) is 9.06. The third-order valence-corrected chi connectivity index (χ3v) is 4.41. The average Bonchev–Trinajstić information content (AvgIpc) is 2.74. The van der Waals surface area contributed by atoms with E-state index in [1.165, 1.54) is 0 Å². The van der Waals surface area contributed by atoms with Crippen LogP contribution >= 0.6 is 0 Å². The Labute approximate surface area is 161 Å². The molecule has 3 heterocycles. The highest BCUT2D eigenvalue weighted by molar-refractivity contribution is 5.90. The molecule has 2 aromatic heterocycles. The van der Waals surface area contributed by atoms with Crippen LogP contribution in [0.5, 0.6) is 0 Å². The van der Waals surface area contributed by atoms with E-state index in [1.807, 2.05) is 12.1 Å². The number of aromatic nitrogens is 4. The molecule has 1 aromatic carbocycles. The lowest BCUT2D eigenvalue weighted by atomic mass is 10.1. The zero-order valence-corrected chi connectivity index (χ0v) is 15.5. The smallest absolute Gasteiger partial charge is 0.338 e. The highest BCUT2D eigenvalue weighted by atomic mass is 16.5. The molecule has 1 fully saturated rings. The Morgan fingerprint density at radius 2 is 1.93 bits per heavy atom. The average molecular weight is 380 g/mol. The second-order valence-electron chi connectivity index (χ2n) is 6.23. The highest BCUT2D eigenvalue weighted by Gasteiger charge is 2.19. The maximum absolute atomic E-state index is 11.8. The van der Waals surface area contributed by atoms with Crippen molar-refractivity contribution in [3.8, 4) is 11.3 Å². The molecule has 1 saturated heterocycles. The van der Waals surface area contributed by atoms with Crippen LogP contribution < -0.4 is 10.6 Å². The van der Waals surface area contributed by atoms with Crippen LogP contribution in [-0.2, 0) is 9.47 Å². The van der Waals surface area contributed by atoms with Gasteiger partial charge >= 0.3 is 5.97 Å². The van der Waals surface area contributed by atoms with Gasteiger partial charge in [-0.15, -0.1) is 0 Å². The first-order valence-corrected chi connectivity index (χ1v) is 9.06. The number of hydrogen-bond donors (Lipinski definition) is 1.